The van der Waals surface area contributed by atoms with E-state index in [2.05, 4.69) is 0 Å². The topological polar surface area (TPSA) is 84.5 Å². The van der Waals surface area contributed by atoms with Gasteiger partial charge in [-0.25, -0.2) is 17.2 Å². The summed E-state index contributed by atoms with van der Waals surface area (Å²) in [6.07, 6.45) is 0. The number of amides is 1. The molecule has 0 heterocycles. The quantitative estimate of drug-likeness (QED) is 0.703. The number of halogens is 2. The Labute approximate surface area is 156 Å². The number of ether oxygens (including phenoxy) is 1. The highest BCUT2D eigenvalue weighted by Gasteiger charge is 2.18. The van der Waals surface area contributed by atoms with Crippen LogP contribution in [0.2, 0.25) is 0 Å². The van der Waals surface area contributed by atoms with Crippen molar-refractivity contribution < 1.29 is 26.7 Å². The van der Waals surface area contributed by atoms with E-state index in [1.165, 1.54) is 0 Å². The summed E-state index contributed by atoms with van der Waals surface area (Å²) < 4.78 is 55.6. The number of benzene rings is 2. The Kier molecular flexibility index (Phi) is 6.50. The Morgan fingerprint density at radius 2 is 1.81 bits per heavy atom. The minimum atomic E-state index is -4.25. The summed E-state index contributed by atoms with van der Waals surface area (Å²) in [6, 6.07) is 7.69. The van der Waals surface area contributed by atoms with E-state index in [9.17, 15) is 22.0 Å². The second-order valence-electron chi connectivity index (χ2n) is 6.21. The number of carbonyl (C=O) groups excluding carboxylic acids is 1. The van der Waals surface area contributed by atoms with Gasteiger partial charge < -0.3 is 4.74 Å². The van der Waals surface area contributed by atoms with Crippen molar-refractivity contribution in [1.29, 1.82) is 0 Å². The van der Waals surface area contributed by atoms with Crippen molar-refractivity contribution in [3.63, 3.8) is 0 Å². The minimum absolute atomic E-state index is 0.176. The van der Waals surface area contributed by atoms with Crippen molar-refractivity contribution in [2.75, 3.05) is 6.61 Å². The first-order valence-electron chi connectivity index (χ1n) is 8.09. The molecule has 0 bridgehead atoms. The normalized spacial score (nSPS) is 11.5. The zero-order chi connectivity index (χ0) is 20.2. The van der Waals surface area contributed by atoms with Gasteiger partial charge in [0, 0.05) is 0 Å². The number of hydrazine groups is 1. The van der Waals surface area contributed by atoms with Crippen molar-refractivity contribution >= 4 is 15.9 Å². The van der Waals surface area contributed by atoms with Gasteiger partial charge in [-0.05, 0) is 48.2 Å². The molecular weight excluding hydrogens is 378 g/mol. The monoisotopic (exact) mass is 398 g/mol. The van der Waals surface area contributed by atoms with E-state index < -0.39 is 39.1 Å². The molecule has 0 atom stereocenters. The molecular formula is C18H20F2N2O4S. The Balaban J connectivity index is 1.98. The molecule has 0 unspecified atom stereocenters. The largest absolute Gasteiger partial charge is 0.483 e. The third kappa shape index (κ3) is 5.48. The van der Waals surface area contributed by atoms with E-state index >= 15 is 0 Å². The second kappa shape index (κ2) is 8.45. The molecule has 0 saturated heterocycles. The predicted octanol–water partition coefficient (Wildman–Crippen LogP) is 2.79. The molecule has 2 aromatic rings. The molecule has 0 aromatic heterocycles. The Morgan fingerprint density at radius 3 is 2.44 bits per heavy atom. The number of sulfonamides is 1. The van der Waals surface area contributed by atoms with Crippen molar-refractivity contribution in [1.82, 2.24) is 10.3 Å². The van der Waals surface area contributed by atoms with Crippen LogP contribution in [0.15, 0.2) is 41.3 Å². The number of aryl methyl sites for hydroxylation is 1. The van der Waals surface area contributed by atoms with E-state index in [0.29, 0.717) is 17.9 Å². The molecule has 0 aliphatic heterocycles. The maximum Gasteiger partial charge on any atom is 0.272 e. The Hall–Kier alpha value is -2.52. The van der Waals surface area contributed by atoms with E-state index in [1.807, 2.05) is 43.2 Å². The predicted molar refractivity (Wildman–Crippen MR) is 95.6 cm³/mol. The van der Waals surface area contributed by atoms with Gasteiger partial charge in [-0.1, -0.05) is 26.0 Å². The van der Waals surface area contributed by atoms with Gasteiger partial charge in [0.05, 0.1) is 4.90 Å². The molecule has 9 heteroatoms. The number of hydrogen-bond acceptors (Lipinski definition) is 4. The molecule has 6 nitrogen and oxygen atoms in total. The van der Waals surface area contributed by atoms with Gasteiger partial charge >= 0.3 is 0 Å². The highest BCUT2D eigenvalue weighted by molar-refractivity contribution is 7.89. The van der Waals surface area contributed by atoms with E-state index in [4.69, 9.17) is 4.74 Å². The van der Waals surface area contributed by atoms with E-state index in [1.54, 1.807) is 6.07 Å². The summed E-state index contributed by atoms with van der Waals surface area (Å²) in [5.74, 6) is -2.53. The molecule has 0 fully saturated rings. The molecule has 27 heavy (non-hydrogen) atoms. The first-order chi connectivity index (χ1) is 12.6. The molecule has 146 valence electrons. The van der Waals surface area contributed by atoms with Crippen LogP contribution in [0.5, 0.6) is 5.75 Å². The van der Waals surface area contributed by atoms with Gasteiger partial charge in [-0.2, -0.15) is 0 Å². The summed E-state index contributed by atoms with van der Waals surface area (Å²) in [7, 11) is -4.25. The van der Waals surface area contributed by atoms with Crippen LogP contribution in [0.25, 0.3) is 0 Å². The minimum Gasteiger partial charge on any atom is -0.483 e. The van der Waals surface area contributed by atoms with Crippen LogP contribution in [0, 0.1) is 18.6 Å². The molecule has 0 aliphatic carbocycles. The molecule has 0 aliphatic rings. The van der Waals surface area contributed by atoms with Gasteiger partial charge in [0.2, 0.25) is 0 Å². The third-order valence-corrected chi connectivity index (χ3v) is 4.92. The average Bonchev–Trinajstić information content (AvgIpc) is 2.60. The molecule has 0 spiro atoms. The van der Waals surface area contributed by atoms with Crippen LogP contribution in [0.1, 0.15) is 30.9 Å². The highest BCUT2D eigenvalue weighted by atomic mass is 32.2. The number of rotatable bonds is 7. The summed E-state index contributed by atoms with van der Waals surface area (Å²) in [5.41, 5.74) is 3.84. The first kappa shape index (κ1) is 20.8. The maximum absolute atomic E-state index is 13.2. The van der Waals surface area contributed by atoms with Crippen molar-refractivity contribution in [3.05, 3.63) is 59.2 Å². The Bertz CT molecular complexity index is 946. The summed E-state index contributed by atoms with van der Waals surface area (Å²) in [6.45, 7) is 5.41. The zero-order valence-electron chi connectivity index (χ0n) is 15.0. The summed E-state index contributed by atoms with van der Waals surface area (Å²) >= 11 is 0. The number of carbonyl (C=O) groups is 1. The SMILES string of the molecule is Cc1ccc(C(C)C)c(OCC(=O)NNS(=O)(=O)c2ccc(F)c(F)c2)c1. The van der Waals surface area contributed by atoms with Crippen LogP contribution in [-0.4, -0.2) is 20.9 Å². The van der Waals surface area contributed by atoms with Gasteiger partial charge in [-0.3, -0.25) is 10.2 Å². The molecule has 2 aromatic carbocycles. The van der Waals surface area contributed by atoms with Gasteiger partial charge in [0.1, 0.15) is 5.75 Å². The maximum atomic E-state index is 13.2. The standard InChI is InChI=1S/C18H20F2N2O4S/c1-11(2)14-6-4-12(3)8-17(14)26-10-18(23)21-22-27(24,25)13-5-7-15(19)16(20)9-13/h4-9,11,22H,10H2,1-3H3,(H,21,23). The lowest BCUT2D eigenvalue weighted by Crippen LogP contribution is -2.43. The lowest BCUT2D eigenvalue weighted by atomic mass is 10.0. The molecule has 0 radical (unpaired) electrons. The lowest BCUT2D eigenvalue weighted by Gasteiger charge is -2.15. The second-order valence-corrected chi connectivity index (χ2v) is 7.90. The van der Waals surface area contributed by atoms with Crippen LogP contribution in [0.4, 0.5) is 8.78 Å². The first-order valence-corrected chi connectivity index (χ1v) is 9.57. The van der Waals surface area contributed by atoms with Crippen molar-refractivity contribution in [2.45, 2.75) is 31.6 Å². The van der Waals surface area contributed by atoms with E-state index in [-0.39, 0.29) is 5.92 Å². The van der Waals surface area contributed by atoms with Gasteiger partial charge in [0.25, 0.3) is 15.9 Å². The van der Waals surface area contributed by atoms with Crippen molar-refractivity contribution in [3.8, 4) is 5.75 Å². The fourth-order valence-electron chi connectivity index (χ4n) is 2.25. The Morgan fingerprint density at radius 1 is 1.11 bits per heavy atom. The van der Waals surface area contributed by atoms with E-state index in [0.717, 1.165) is 17.2 Å². The fraction of sp³-hybridized carbons (Fsp3) is 0.278. The molecule has 2 rings (SSSR count). The van der Waals surface area contributed by atoms with Crippen molar-refractivity contribution in [2.24, 2.45) is 0 Å². The van der Waals surface area contributed by atoms with Crippen LogP contribution in [-0.2, 0) is 14.8 Å². The number of hydrogen-bond donors (Lipinski definition) is 2. The van der Waals surface area contributed by atoms with Crippen LogP contribution in [0.3, 0.4) is 0 Å². The van der Waals surface area contributed by atoms with Gasteiger partial charge in [-0.15, -0.1) is 4.83 Å². The number of nitrogens with one attached hydrogen (secondary N) is 2. The summed E-state index contributed by atoms with van der Waals surface area (Å²) in [5, 5.41) is 0. The smallest absolute Gasteiger partial charge is 0.272 e. The van der Waals surface area contributed by atoms with Gasteiger partial charge in [0.15, 0.2) is 18.2 Å². The average molecular weight is 398 g/mol. The summed E-state index contributed by atoms with van der Waals surface area (Å²) in [4.78, 5) is 13.2. The highest BCUT2D eigenvalue weighted by Crippen LogP contribution is 2.27. The molecule has 2 N–H and O–H groups in total. The lowest BCUT2D eigenvalue weighted by molar-refractivity contribution is -0.123. The third-order valence-electron chi connectivity index (χ3n) is 3.68. The van der Waals surface area contributed by atoms with Crippen LogP contribution < -0.4 is 15.0 Å². The van der Waals surface area contributed by atoms with Crippen LogP contribution >= 0.6 is 0 Å². The fourth-order valence-corrected chi connectivity index (χ4v) is 3.12. The molecule has 0 saturated carbocycles. The molecule has 1 amide bonds. The zero-order valence-corrected chi connectivity index (χ0v) is 15.9.